The van der Waals surface area contributed by atoms with Crippen molar-refractivity contribution in [3.05, 3.63) is 35.5 Å². The molecule has 1 amide bonds. The van der Waals surface area contributed by atoms with E-state index in [2.05, 4.69) is 4.99 Å². The number of amidine groups is 1. The minimum atomic E-state index is -0.312. The van der Waals surface area contributed by atoms with Crippen LogP contribution in [0, 0.1) is 0 Å². The van der Waals surface area contributed by atoms with Crippen molar-refractivity contribution in [1.82, 2.24) is 4.90 Å². The molecular formula is C13H12N2O3. The fourth-order valence-electron chi connectivity index (χ4n) is 1.64. The normalized spacial score (nSPS) is 17.2. The average Bonchev–Trinajstić information content (AvgIpc) is 2.60. The van der Waals surface area contributed by atoms with E-state index in [-0.39, 0.29) is 29.0 Å². The number of carbonyl (C=O) groups is 2. The van der Waals surface area contributed by atoms with E-state index in [1.54, 1.807) is 18.2 Å². The van der Waals surface area contributed by atoms with Crippen LogP contribution in [0.1, 0.15) is 12.5 Å². The first-order chi connectivity index (χ1) is 8.49. The Hall–Kier alpha value is -2.43. The molecule has 1 heterocycles. The van der Waals surface area contributed by atoms with Crippen LogP contribution < -0.4 is 0 Å². The number of carbonyl (C=O) groups excluding carboxylic acids is 2. The van der Waals surface area contributed by atoms with Gasteiger partial charge >= 0.3 is 0 Å². The van der Waals surface area contributed by atoms with Gasteiger partial charge in [-0.15, -0.1) is 0 Å². The Morgan fingerprint density at radius 3 is 2.44 bits per heavy atom. The molecule has 1 N–H and O–H groups in total. The van der Waals surface area contributed by atoms with Crippen LogP contribution in [0.25, 0.3) is 6.08 Å². The summed E-state index contributed by atoms with van der Waals surface area (Å²) in [6.45, 7) is 1.37. The molecule has 5 heteroatoms. The minimum Gasteiger partial charge on any atom is -0.508 e. The van der Waals surface area contributed by atoms with E-state index in [0.717, 1.165) is 5.56 Å². The number of hydrogen-bond acceptors (Lipinski definition) is 4. The lowest BCUT2D eigenvalue weighted by molar-refractivity contribution is -0.123. The van der Waals surface area contributed by atoms with Gasteiger partial charge in [0.1, 0.15) is 11.4 Å². The first-order valence-corrected chi connectivity index (χ1v) is 5.37. The van der Waals surface area contributed by atoms with Gasteiger partial charge in [-0.2, -0.15) is 0 Å². The van der Waals surface area contributed by atoms with Crippen molar-refractivity contribution in [2.45, 2.75) is 6.92 Å². The monoisotopic (exact) mass is 244 g/mol. The summed E-state index contributed by atoms with van der Waals surface area (Å²) in [7, 11) is 1.51. The Morgan fingerprint density at radius 2 is 1.94 bits per heavy atom. The highest BCUT2D eigenvalue weighted by molar-refractivity contribution is 6.43. The average molecular weight is 244 g/mol. The molecule has 2 rings (SSSR count). The molecule has 0 bridgehead atoms. The van der Waals surface area contributed by atoms with E-state index in [9.17, 15) is 9.59 Å². The van der Waals surface area contributed by atoms with Gasteiger partial charge in [-0.25, -0.2) is 4.99 Å². The lowest BCUT2D eigenvalue weighted by Crippen LogP contribution is -2.31. The summed E-state index contributed by atoms with van der Waals surface area (Å²) in [6.07, 6.45) is 1.58. The molecular weight excluding hydrogens is 232 g/mol. The maximum Gasteiger partial charge on any atom is 0.277 e. The van der Waals surface area contributed by atoms with E-state index < -0.39 is 0 Å². The van der Waals surface area contributed by atoms with Crippen molar-refractivity contribution in [3.63, 3.8) is 0 Å². The van der Waals surface area contributed by atoms with Crippen molar-refractivity contribution in [3.8, 4) is 5.75 Å². The molecule has 0 fully saturated rings. The van der Waals surface area contributed by atoms with Crippen LogP contribution in [0.4, 0.5) is 0 Å². The van der Waals surface area contributed by atoms with Crippen molar-refractivity contribution >= 4 is 23.6 Å². The van der Waals surface area contributed by atoms with Gasteiger partial charge < -0.3 is 5.11 Å². The summed E-state index contributed by atoms with van der Waals surface area (Å²) in [5, 5.41) is 9.16. The van der Waals surface area contributed by atoms with Gasteiger partial charge in [0.05, 0.1) is 0 Å². The van der Waals surface area contributed by atoms with Crippen LogP contribution >= 0.6 is 0 Å². The number of amides is 1. The lowest BCUT2D eigenvalue weighted by atomic mass is 10.2. The van der Waals surface area contributed by atoms with Crippen molar-refractivity contribution < 1.29 is 14.7 Å². The van der Waals surface area contributed by atoms with Gasteiger partial charge in [0, 0.05) is 14.0 Å². The number of benzene rings is 1. The van der Waals surface area contributed by atoms with Gasteiger partial charge in [0.2, 0.25) is 0 Å². The largest absolute Gasteiger partial charge is 0.508 e. The quantitative estimate of drug-likeness (QED) is 0.794. The SMILES string of the molecule is CC(=O)C1=N/C(=C\c2ccc(O)cc2)C(=O)N1C. The number of nitrogens with zero attached hydrogens (tertiary/aromatic N) is 2. The molecule has 0 saturated heterocycles. The molecule has 1 aromatic rings. The third-order valence-electron chi connectivity index (χ3n) is 2.58. The van der Waals surface area contributed by atoms with E-state index in [1.165, 1.54) is 31.0 Å². The highest BCUT2D eigenvalue weighted by Gasteiger charge is 2.29. The Morgan fingerprint density at radius 1 is 1.33 bits per heavy atom. The number of hydrogen-bond donors (Lipinski definition) is 1. The van der Waals surface area contributed by atoms with Gasteiger partial charge in [-0.05, 0) is 23.8 Å². The summed E-state index contributed by atoms with van der Waals surface area (Å²) < 4.78 is 0. The summed E-state index contributed by atoms with van der Waals surface area (Å²) in [6, 6.07) is 6.37. The molecule has 0 spiro atoms. The molecule has 92 valence electrons. The standard InChI is InChI=1S/C13H12N2O3/c1-8(16)12-14-11(13(18)15(12)2)7-9-3-5-10(17)6-4-9/h3-7,17H,1-2H3/b11-7-. The van der Waals surface area contributed by atoms with Gasteiger partial charge in [-0.3, -0.25) is 14.5 Å². The van der Waals surface area contributed by atoms with Crippen molar-refractivity contribution in [2.75, 3.05) is 7.05 Å². The molecule has 0 radical (unpaired) electrons. The molecule has 0 unspecified atom stereocenters. The summed E-state index contributed by atoms with van der Waals surface area (Å²) >= 11 is 0. The number of phenolic OH excluding ortho intramolecular Hbond substituents is 1. The van der Waals surface area contributed by atoms with Crippen LogP contribution in [0.15, 0.2) is 35.0 Å². The van der Waals surface area contributed by atoms with Gasteiger partial charge in [-0.1, -0.05) is 12.1 Å². The minimum absolute atomic E-state index is 0.144. The Balaban J connectivity index is 2.37. The van der Waals surface area contributed by atoms with Gasteiger partial charge in [0.15, 0.2) is 11.6 Å². The van der Waals surface area contributed by atoms with Crippen LogP contribution in [0.3, 0.4) is 0 Å². The molecule has 5 nitrogen and oxygen atoms in total. The zero-order chi connectivity index (χ0) is 13.3. The summed E-state index contributed by atoms with van der Waals surface area (Å²) in [5.41, 5.74) is 0.950. The first kappa shape index (κ1) is 12.0. The van der Waals surface area contributed by atoms with E-state index >= 15 is 0 Å². The van der Waals surface area contributed by atoms with E-state index in [4.69, 9.17) is 5.11 Å². The molecule has 18 heavy (non-hydrogen) atoms. The highest BCUT2D eigenvalue weighted by Crippen LogP contribution is 2.18. The van der Waals surface area contributed by atoms with Crippen LogP contribution in [0.5, 0.6) is 5.75 Å². The second-order valence-electron chi connectivity index (χ2n) is 3.98. The molecule has 0 aliphatic carbocycles. The van der Waals surface area contributed by atoms with Gasteiger partial charge in [0.25, 0.3) is 5.91 Å². The van der Waals surface area contributed by atoms with E-state index in [1.807, 2.05) is 0 Å². The highest BCUT2D eigenvalue weighted by atomic mass is 16.3. The predicted octanol–water partition coefficient (Wildman–Crippen LogP) is 1.19. The number of Topliss-reactive ketones (excluding diaryl/α,β-unsaturated/α-hetero) is 1. The molecule has 0 saturated carbocycles. The predicted molar refractivity (Wildman–Crippen MR) is 67.0 cm³/mol. The number of rotatable bonds is 2. The Bertz CT molecular complexity index is 570. The smallest absolute Gasteiger partial charge is 0.277 e. The Labute approximate surface area is 104 Å². The third kappa shape index (κ3) is 2.15. The zero-order valence-electron chi connectivity index (χ0n) is 10.0. The zero-order valence-corrected chi connectivity index (χ0v) is 10.0. The third-order valence-corrected chi connectivity index (χ3v) is 2.58. The number of ketones is 1. The molecule has 1 aromatic carbocycles. The molecule has 0 atom stereocenters. The second-order valence-corrected chi connectivity index (χ2v) is 3.98. The number of aliphatic imine (C=N–C) groups is 1. The number of phenols is 1. The Kier molecular flexibility index (Phi) is 2.97. The second kappa shape index (κ2) is 4.44. The number of aromatic hydroxyl groups is 1. The lowest BCUT2D eigenvalue weighted by Gasteiger charge is -2.07. The molecule has 1 aliphatic rings. The van der Waals surface area contributed by atoms with E-state index in [0.29, 0.717) is 0 Å². The first-order valence-electron chi connectivity index (χ1n) is 5.37. The maximum atomic E-state index is 11.8. The summed E-state index contributed by atoms with van der Waals surface area (Å²) in [4.78, 5) is 28.3. The summed E-state index contributed by atoms with van der Waals surface area (Å²) in [5.74, 6) is -0.266. The van der Waals surface area contributed by atoms with Crippen LogP contribution in [-0.4, -0.2) is 34.6 Å². The molecule has 1 aliphatic heterocycles. The fourth-order valence-corrected chi connectivity index (χ4v) is 1.64. The van der Waals surface area contributed by atoms with Crippen LogP contribution in [0.2, 0.25) is 0 Å². The van der Waals surface area contributed by atoms with Crippen LogP contribution in [-0.2, 0) is 9.59 Å². The topological polar surface area (TPSA) is 70.0 Å². The van der Waals surface area contributed by atoms with Crippen molar-refractivity contribution in [2.24, 2.45) is 4.99 Å². The number of likely N-dealkylation sites (N-methyl/N-ethyl adjacent to an activating group) is 1. The molecule has 0 aromatic heterocycles. The van der Waals surface area contributed by atoms with Crippen molar-refractivity contribution in [1.29, 1.82) is 0 Å². The fraction of sp³-hybridized carbons (Fsp3) is 0.154. The maximum absolute atomic E-state index is 11.8.